The van der Waals surface area contributed by atoms with Gasteiger partial charge < -0.3 is 14.2 Å². The van der Waals surface area contributed by atoms with Crippen molar-refractivity contribution in [3.05, 3.63) is 119 Å². The molecule has 5 nitrogen and oxygen atoms in total. The van der Waals surface area contributed by atoms with Gasteiger partial charge in [-0.15, -0.1) is 0 Å². The first kappa shape index (κ1) is 22.2. The molecule has 5 rings (SSSR count). The second kappa shape index (κ2) is 9.31. The Morgan fingerprint density at radius 2 is 1.51 bits per heavy atom. The Morgan fingerprint density at radius 1 is 0.829 bits per heavy atom. The molecule has 0 bridgehead atoms. The first-order valence-corrected chi connectivity index (χ1v) is 11.1. The number of Topliss-reactive ketones (excluding diaryl/α,β-unsaturated/α-hetero) is 1. The molecular formula is C30H22O5. The van der Waals surface area contributed by atoms with Gasteiger partial charge in [-0.1, -0.05) is 54.6 Å². The number of carbonyl (C=O) groups excluding carboxylic acids is 2. The summed E-state index contributed by atoms with van der Waals surface area (Å²) in [5, 5.41) is 0. The SMILES string of the molecule is COc1ccc(C(=O)Oc2cc(C)c3c(c2)O/C(=C\c2ccc(-c4ccccc4)cc2)C3=O)cc1. The third kappa shape index (κ3) is 4.57. The van der Waals surface area contributed by atoms with E-state index in [1.54, 1.807) is 56.5 Å². The fourth-order valence-electron chi connectivity index (χ4n) is 3.98. The number of rotatable bonds is 5. The zero-order valence-corrected chi connectivity index (χ0v) is 19.3. The summed E-state index contributed by atoms with van der Waals surface area (Å²) in [7, 11) is 1.56. The number of methoxy groups -OCH3 is 1. The molecule has 0 unspecified atom stereocenters. The molecule has 172 valence electrons. The third-order valence-electron chi connectivity index (χ3n) is 5.80. The summed E-state index contributed by atoms with van der Waals surface area (Å²) >= 11 is 0. The summed E-state index contributed by atoms with van der Waals surface area (Å²) in [6.07, 6.45) is 1.72. The quantitative estimate of drug-likeness (QED) is 0.192. The number of ketones is 1. The highest BCUT2D eigenvalue weighted by molar-refractivity contribution is 6.15. The van der Waals surface area contributed by atoms with Crippen LogP contribution in [-0.2, 0) is 0 Å². The fraction of sp³-hybridized carbons (Fsp3) is 0.0667. The van der Waals surface area contributed by atoms with Gasteiger partial charge in [0.25, 0.3) is 0 Å². The summed E-state index contributed by atoms with van der Waals surface area (Å²) < 4.78 is 16.5. The minimum absolute atomic E-state index is 0.197. The van der Waals surface area contributed by atoms with Gasteiger partial charge in [-0.3, -0.25) is 4.79 Å². The second-order valence-corrected chi connectivity index (χ2v) is 8.16. The maximum absolute atomic E-state index is 13.0. The van der Waals surface area contributed by atoms with Crippen molar-refractivity contribution in [2.24, 2.45) is 0 Å². The number of esters is 1. The van der Waals surface area contributed by atoms with Crippen LogP contribution in [0.5, 0.6) is 17.2 Å². The van der Waals surface area contributed by atoms with Crippen LogP contribution in [0.1, 0.15) is 31.8 Å². The van der Waals surface area contributed by atoms with Crippen LogP contribution in [0.2, 0.25) is 0 Å². The predicted octanol–water partition coefficient (Wildman–Crippen LogP) is 6.51. The summed E-state index contributed by atoms with van der Waals surface area (Å²) in [5.41, 5.74) is 4.60. The minimum atomic E-state index is -0.509. The highest BCUT2D eigenvalue weighted by Crippen LogP contribution is 2.38. The first-order chi connectivity index (χ1) is 17.0. The standard InChI is InChI=1S/C30H22O5/c1-19-16-25(34-30(32)23-12-14-24(33-2)15-13-23)18-26-28(19)29(31)27(35-26)17-20-8-10-22(11-9-20)21-6-4-3-5-7-21/h3-18H,1-2H3/b27-17-. The number of hydrogen-bond donors (Lipinski definition) is 0. The topological polar surface area (TPSA) is 61.8 Å². The van der Waals surface area contributed by atoms with Crippen LogP contribution in [0.15, 0.2) is 96.8 Å². The Kier molecular flexibility index (Phi) is 5.90. The van der Waals surface area contributed by atoms with Gasteiger partial charge >= 0.3 is 5.97 Å². The monoisotopic (exact) mass is 462 g/mol. The second-order valence-electron chi connectivity index (χ2n) is 8.16. The lowest BCUT2D eigenvalue weighted by atomic mass is 10.0. The van der Waals surface area contributed by atoms with Crippen LogP contribution < -0.4 is 14.2 Å². The van der Waals surface area contributed by atoms with Gasteiger partial charge in [0.05, 0.1) is 18.2 Å². The Balaban J connectivity index is 1.35. The van der Waals surface area contributed by atoms with Crippen LogP contribution in [0.25, 0.3) is 17.2 Å². The third-order valence-corrected chi connectivity index (χ3v) is 5.80. The normalized spacial score (nSPS) is 13.3. The van der Waals surface area contributed by atoms with E-state index in [1.165, 1.54) is 0 Å². The zero-order chi connectivity index (χ0) is 24.4. The molecule has 1 heterocycles. The Hall–Kier alpha value is -4.64. The average molecular weight is 463 g/mol. The maximum Gasteiger partial charge on any atom is 0.343 e. The zero-order valence-electron chi connectivity index (χ0n) is 19.3. The number of fused-ring (bicyclic) bond motifs is 1. The van der Waals surface area contributed by atoms with Crippen molar-refractivity contribution in [3.63, 3.8) is 0 Å². The van der Waals surface area contributed by atoms with Crippen molar-refractivity contribution >= 4 is 17.8 Å². The largest absolute Gasteiger partial charge is 0.497 e. The Labute approximate surface area is 203 Å². The van der Waals surface area contributed by atoms with Gasteiger partial charge in [-0.05, 0) is 65.6 Å². The number of ether oxygens (including phenoxy) is 3. The molecule has 0 saturated carbocycles. The van der Waals surface area contributed by atoms with Crippen LogP contribution in [0, 0.1) is 6.92 Å². The van der Waals surface area contributed by atoms with E-state index in [0.29, 0.717) is 33.9 Å². The first-order valence-electron chi connectivity index (χ1n) is 11.1. The molecule has 0 atom stereocenters. The van der Waals surface area contributed by atoms with Crippen molar-refractivity contribution < 1.29 is 23.8 Å². The van der Waals surface area contributed by atoms with Crippen molar-refractivity contribution in [1.29, 1.82) is 0 Å². The summed E-state index contributed by atoms with van der Waals surface area (Å²) in [6.45, 7) is 1.79. The summed E-state index contributed by atoms with van der Waals surface area (Å²) in [4.78, 5) is 25.6. The molecule has 0 fully saturated rings. The van der Waals surface area contributed by atoms with E-state index < -0.39 is 5.97 Å². The Bertz CT molecular complexity index is 1430. The number of aryl methyl sites for hydroxylation is 1. The molecule has 0 aliphatic carbocycles. The number of benzene rings is 4. The molecule has 0 radical (unpaired) electrons. The van der Waals surface area contributed by atoms with E-state index in [4.69, 9.17) is 14.2 Å². The molecule has 1 aliphatic rings. The molecule has 4 aromatic rings. The van der Waals surface area contributed by atoms with Crippen LogP contribution >= 0.6 is 0 Å². The number of carbonyl (C=O) groups is 2. The van der Waals surface area contributed by atoms with Crippen molar-refractivity contribution in [2.45, 2.75) is 6.92 Å². The molecular weight excluding hydrogens is 440 g/mol. The molecule has 5 heteroatoms. The molecule has 0 spiro atoms. The lowest BCUT2D eigenvalue weighted by Gasteiger charge is -2.08. The lowest BCUT2D eigenvalue weighted by molar-refractivity contribution is 0.0734. The van der Waals surface area contributed by atoms with Crippen LogP contribution in [-0.4, -0.2) is 18.9 Å². The molecule has 1 aliphatic heterocycles. The van der Waals surface area contributed by atoms with E-state index in [-0.39, 0.29) is 11.5 Å². The lowest BCUT2D eigenvalue weighted by Crippen LogP contribution is -2.08. The molecule has 0 amide bonds. The van der Waals surface area contributed by atoms with E-state index in [2.05, 4.69) is 12.1 Å². The van der Waals surface area contributed by atoms with E-state index in [1.807, 2.05) is 42.5 Å². The van der Waals surface area contributed by atoms with Gasteiger partial charge in [0.1, 0.15) is 17.2 Å². The molecule has 0 N–H and O–H groups in total. The van der Waals surface area contributed by atoms with Gasteiger partial charge in [0.2, 0.25) is 5.78 Å². The smallest absolute Gasteiger partial charge is 0.343 e. The van der Waals surface area contributed by atoms with Crippen molar-refractivity contribution in [2.75, 3.05) is 7.11 Å². The van der Waals surface area contributed by atoms with Crippen molar-refractivity contribution in [1.82, 2.24) is 0 Å². The molecule has 4 aromatic carbocycles. The van der Waals surface area contributed by atoms with E-state index in [9.17, 15) is 9.59 Å². The number of allylic oxidation sites excluding steroid dienone is 1. The van der Waals surface area contributed by atoms with Gasteiger partial charge in [-0.2, -0.15) is 0 Å². The average Bonchev–Trinajstić information content (AvgIpc) is 3.20. The van der Waals surface area contributed by atoms with Crippen molar-refractivity contribution in [3.8, 4) is 28.4 Å². The number of hydrogen-bond acceptors (Lipinski definition) is 5. The molecule has 0 saturated heterocycles. The molecule has 35 heavy (non-hydrogen) atoms. The van der Waals surface area contributed by atoms with Gasteiger partial charge in [-0.25, -0.2) is 4.79 Å². The highest BCUT2D eigenvalue weighted by Gasteiger charge is 2.30. The maximum atomic E-state index is 13.0. The summed E-state index contributed by atoms with van der Waals surface area (Å²) in [6, 6.07) is 27.9. The van der Waals surface area contributed by atoms with Crippen LogP contribution in [0.3, 0.4) is 0 Å². The molecule has 0 aromatic heterocycles. The van der Waals surface area contributed by atoms with E-state index in [0.717, 1.165) is 16.7 Å². The Morgan fingerprint density at radius 3 is 2.20 bits per heavy atom. The minimum Gasteiger partial charge on any atom is -0.497 e. The highest BCUT2D eigenvalue weighted by atomic mass is 16.5. The summed E-state index contributed by atoms with van der Waals surface area (Å²) in [5.74, 6) is 0.858. The van der Waals surface area contributed by atoms with E-state index >= 15 is 0 Å². The van der Waals surface area contributed by atoms with Gasteiger partial charge in [0, 0.05) is 6.07 Å². The predicted molar refractivity (Wildman–Crippen MR) is 134 cm³/mol. The van der Waals surface area contributed by atoms with Gasteiger partial charge in [0.15, 0.2) is 5.76 Å². The van der Waals surface area contributed by atoms with Crippen LogP contribution in [0.4, 0.5) is 0 Å². The fourth-order valence-corrected chi connectivity index (χ4v) is 3.98.